The van der Waals surface area contributed by atoms with Crippen molar-refractivity contribution in [2.45, 2.75) is 51.9 Å². The van der Waals surface area contributed by atoms with Crippen LogP contribution in [0.1, 0.15) is 30.9 Å². The van der Waals surface area contributed by atoms with E-state index in [1.807, 2.05) is 19.1 Å². The van der Waals surface area contributed by atoms with E-state index in [-0.39, 0.29) is 12.1 Å². The molecule has 1 saturated heterocycles. The molecule has 0 spiro atoms. The molecular weight excluding hydrogens is 266 g/mol. The number of hydrogen-bond acceptors (Lipinski definition) is 4. The first-order valence-corrected chi connectivity index (χ1v) is 7.79. The predicted octanol–water partition coefficient (Wildman–Crippen LogP) is 2.20. The van der Waals surface area contributed by atoms with Crippen molar-refractivity contribution in [1.82, 2.24) is 5.32 Å². The monoisotopic (exact) mass is 293 g/mol. The summed E-state index contributed by atoms with van der Waals surface area (Å²) in [6.45, 7) is 7.86. The fourth-order valence-corrected chi connectivity index (χ4v) is 2.66. The topological polar surface area (TPSA) is 50.7 Å². The molecule has 1 fully saturated rings. The Labute approximate surface area is 127 Å². The largest absolute Gasteiger partial charge is 0.491 e. The lowest BCUT2D eigenvalue weighted by molar-refractivity contribution is 0.0674. The van der Waals surface area contributed by atoms with E-state index in [0.29, 0.717) is 13.2 Å². The van der Waals surface area contributed by atoms with Crippen LogP contribution in [0.25, 0.3) is 0 Å². The van der Waals surface area contributed by atoms with E-state index in [2.05, 4.69) is 25.2 Å². The van der Waals surface area contributed by atoms with E-state index in [9.17, 15) is 5.11 Å². The van der Waals surface area contributed by atoms with Gasteiger partial charge in [-0.15, -0.1) is 0 Å². The summed E-state index contributed by atoms with van der Waals surface area (Å²) in [5.74, 6) is 0.840. The lowest BCUT2D eigenvalue weighted by atomic mass is 10.1. The summed E-state index contributed by atoms with van der Waals surface area (Å²) in [5, 5.41) is 13.3. The maximum Gasteiger partial charge on any atom is 0.122 e. The Hall–Kier alpha value is -1.10. The van der Waals surface area contributed by atoms with Gasteiger partial charge < -0.3 is 19.9 Å². The third kappa shape index (κ3) is 4.99. The first-order valence-electron chi connectivity index (χ1n) is 7.79. The molecule has 21 heavy (non-hydrogen) atoms. The molecule has 118 valence electrons. The fraction of sp³-hybridized carbons (Fsp3) is 0.647. The molecule has 3 unspecified atom stereocenters. The summed E-state index contributed by atoms with van der Waals surface area (Å²) in [4.78, 5) is 0. The van der Waals surface area contributed by atoms with Crippen molar-refractivity contribution in [3.05, 3.63) is 29.3 Å². The zero-order valence-electron chi connectivity index (χ0n) is 13.3. The van der Waals surface area contributed by atoms with E-state index in [1.165, 1.54) is 5.56 Å². The molecule has 1 aliphatic heterocycles. The predicted molar refractivity (Wildman–Crippen MR) is 83.9 cm³/mol. The van der Waals surface area contributed by atoms with Crippen molar-refractivity contribution in [3.8, 4) is 5.75 Å². The SMILES string of the molecule is Cc1ccc(OCC(O)CNC(C)C2CCCO2)c(C)c1. The van der Waals surface area contributed by atoms with Crippen LogP contribution in [0.2, 0.25) is 0 Å². The zero-order chi connectivity index (χ0) is 15.2. The first kappa shape index (κ1) is 16.3. The minimum atomic E-state index is -0.519. The highest BCUT2D eigenvalue weighted by Crippen LogP contribution is 2.19. The Morgan fingerprint density at radius 1 is 1.43 bits per heavy atom. The second kappa shape index (κ2) is 7.78. The molecule has 0 amide bonds. The number of hydrogen-bond donors (Lipinski definition) is 2. The normalized spacial score (nSPS) is 21.2. The molecule has 4 heteroatoms. The van der Waals surface area contributed by atoms with Crippen molar-refractivity contribution in [3.63, 3.8) is 0 Å². The van der Waals surface area contributed by atoms with Gasteiger partial charge in [0.2, 0.25) is 0 Å². The lowest BCUT2D eigenvalue weighted by Crippen LogP contribution is -2.42. The van der Waals surface area contributed by atoms with Gasteiger partial charge in [0.05, 0.1) is 6.10 Å². The van der Waals surface area contributed by atoms with E-state index in [1.54, 1.807) is 0 Å². The minimum absolute atomic E-state index is 0.267. The molecule has 0 aromatic heterocycles. The maximum atomic E-state index is 10.0. The van der Waals surface area contributed by atoms with Crippen LogP contribution >= 0.6 is 0 Å². The van der Waals surface area contributed by atoms with Crippen molar-refractivity contribution >= 4 is 0 Å². The summed E-state index contributed by atoms with van der Waals surface area (Å²) < 4.78 is 11.3. The van der Waals surface area contributed by atoms with Crippen molar-refractivity contribution < 1.29 is 14.6 Å². The van der Waals surface area contributed by atoms with Gasteiger partial charge >= 0.3 is 0 Å². The average molecular weight is 293 g/mol. The van der Waals surface area contributed by atoms with Gasteiger partial charge in [-0.2, -0.15) is 0 Å². The van der Waals surface area contributed by atoms with E-state index in [0.717, 1.165) is 30.8 Å². The highest BCUT2D eigenvalue weighted by molar-refractivity contribution is 5.35. The van der Waals surface area contributed by atoms with Crippen LogP contribution in [0, 0.1) is 13.8 Å². The Balaban J connectivity index is 1.70. The third-order valence-electron chi connectivity index (χ3n) is 3.96. The number of rotatable bonds is 7. The van der Waals surface area contributed by atoms with Gasteiger partial charge in [-0.05, 0) is 45.2 Å². The van der Waals surface area contributed by atoms with Gasteiger partial charge in [-0.3, -0.25) is 0 Å². The van der Waals surface area contributed by atoms with E-state index in [4.69, 9.17) is 9.47 Å². The second-order valence-corrected chi connectivity index (χ2v) is 5.98. The minimum Gasteiger partial charge on any atom is -0.491 e. The molecule has 0 aliphatic carbocycles. The molecule has 1 heterocycles. The lowest BCUT2D eigenvalue weighted by Gasteiger charge is -2.22. The molecule has 1 aliphatic rings. The first-order chi connectivity index (χ1) is 10.1. The quantitative estimate of drug-likeness (QED) is 0.809. The Morgan fingerprint density at radius 3 is 2.90 bits per heavy atom. The number of nitrogens with one attached hydrogen (secondary N) is 1. The van der Waals surface area contributed by atoms with Gasteiger partial charge in [-0.1, -0.05) is 17.7 Å². The highest BCUT2D eigenvalue weighted by atomic mass is 16.5. The zero-order valence-corrected chi connectivity index (χ0v) is 13.3. The molecule has 2 rings (SSSR count). The number of benzene rings is 1. The van der Waals surface area contributed by atoms with Crippen LogP contribution in [-0.2, 0) is 4.74 Å². The molecule has 4 nitrogen and oxygen atoms in total. The Bertz CT molecular complexity index is 444. The van der Waals surface area contributed by atoms with Crippen molar-refractivity contribution in [2.75, 3.05) is 19.8 Å². The molecule has 0 radical (unpaired) electrons. The highest BCUT2D eigenvalue weighted by Gasteiger charge is 2.22. The summed E-state index contributed by atoms with van der Waals surface area (Å²) >= 11 is 0. The molecule has 0 bridgehead atoms. The van der Waals surface area contributed by atoms with Gasteiger partial charge in [0.15, 0.2) is 0 Å². The van der Waals surface area contributed by atoms with Crippen LogP contribution in [0.4, 0.5) is 0 Å². The summed E-state index contributed by atoms with van der Waals surface area (Å²) in [5.41, 5.74) is 2.32. The summed E-state index contributed by atoms with van der Waals surface area (Å²) in [6.07, 6.45) is 1.99. The molecule has 3 atom stereocenters. The fourth-order valence-electron chi connectivity index (χ4n) is 2.66. The van der Waals surface area contributed by atoms with Gasteiger partial charge in [0.1, 0.15) is 18.5 Å². The van der Waals surface area contributed by atoms with E-state index < -0.39 is 6.10 Å². The van der Waals surface area contributed by atoms with Crippen LogP contribution in [-0.4, -0.2) is 43.1 Å². The molecule has 1 aromatic rings. The Kier molecular flexibility index (Phi) is 6.03. The van der Waals surface area contributed by atoms with Gasteiger partial charge in [0, 0.05) is 19.2 Å². The molecule has 0 saturated carbocycles. The van der Waals surface area contributed by atoms with Gasteiger partial charge in [0.25, 0.3) is 0 Å². The van der Waals surface area contributed by atoms with Crippen LogP contribution in [0.3, 0.4) is 0 Å². The van der Waals surface area contributed by atoms with Crippen molar-refractivity contribution in [1.29, 1.82) is 0 Å². The standard InChI is InChI=1S/C17H27NO3/c1-12-6-7-16(13(2)9-12)21-11-15(19)10-18-14(3)17-5-4-8-20-17/h6-7,9,14-15,17-19H,4-5,8,10-11H2,1-3H3. The average Bonchev–Trinajstić information content (AvgIpc) is 2.98. The summed E-state index contributed by atoms with van der Waals surface area (Å²) in [6, 6.07) is 6.33. The van der Waals surface area contributed by atoms with Crippen LogP contribution in [0.15, 0.2) is 18.2 Å². The molecule has 2 N–H and O–H groups in total. The number of ether oxygens (including phenoxy) is 2. The van der Waals surface area contributed by atoms with Crippen LogP contribution in [0.5, 0.6) is 5.75 Å². The smallest absolute Gasteiger partial charge is 0.122 e. The maximum absolute atomic E-state index is 10.0. The van der Waals surface area contributed by atoms with Crippen molar-refractivity contribution in [2.24, 2.45) is 0 Å². The van der Waals surface area contributed by atoms with Crippen LogP contribution < -0.4 is 10.1 Å². The van der Waals surface area contributed by atoms with Gasteiger partial charge in [-0.25, -0.2) is 0 Å². The number of aliphatic hydroxyl groups excluding tert-OH is 1. The van der Waals surface area contributed by atoms with E-state index >= 15 is 0 Å². The number of aryl methyl sites for hydroxylation is 2. The summed E-state index contributed by atoms with van der Waals surface area (Å²) in [7, 11) is 0. The molecular formula is C17H27NO3. The number of aliphatic hydroxyl groups is 1. The Morgan fingerprint density at radius 2 is 2.24 bits per heavy atom. The molecule has 1 aromatic carbocycles. The second-order valence-electron chi connectivity index (χ2n) is 5.98. The third-order valence-corrected chi connectivity index (χ3v) is 3.96.